The minimum Gasteiger partial charge on any atom is -0.396 e. The number of likely N-dealkylation sites (N-methyl/N-ethyl adjacent to an activating group) is 1. The summed E-state index contributed by atoms with van der Waals surface area (Å²) in [7, 11) is 0.724. The average molecular weight is 313 g/mol. The molecule has 1 aromatic carbocycles. The summed E-state index contributed by atoms with van der Waals surface area (Å²) in [5.41, 5.74) is 7.26. The van der Waals surface area contributed by atoms with E-state index < -0.39 is 9.84 Å². The summed E-state index contributed by atoms with van der Waals surface area (Å²) in [4.78, 5) is 4.47. The molecule has 0 aliphatic carbocycles. The van der Waals surface area contributed by atoms with Crippen molar-refractivity contribution in [3.8, 4) is 0 Å². The van der Waals surface area contributed by atoms with Gasteiger partial charge in [0.1, 0.15) is 0 Å². The Morgan fingerprint density at radius 1 is 1.19 bits per heavy atom. The molecule has 1 aromatic rings. The molecule has 0 unspecified atom stereocenters. The molecule has 0 amide bonds. The molecular weight excluding hydrogens is 286 g/mol. The number of para-hydroxylation sites is 1. The van der Waals surface area contributed by atoms with Gasteiger partial charge in [0.05, 0.1) is 16.3 Å². The lowest BCUT2D eigenvalue weighted by atomic mass is 10.1. The normalized spacial score (nSPS) is 12.1. The fourth-order valence-corrected chi connectivity index (χ4v) is 3.03. The molecule has 0 atom stereocenters. The van der Waals surface area contributed by atoms with E-state index in [2.05, 4.69) is 23.6 Å². The second kappa shape index (κ2) is 7.13. The zero-order chi connectivity index (χ0) is 16.2. The number of hydrogen-bond acceptors (Lipinski definition) is 5. The third-order valence-electron chi connectivity index (χ3n) is 3.19. The molecule has 0 aromatic heterocycles. The summed E-state index contributed by atoms with van der Waals surface area (Å²) in [5.74, 6) is 0.466. The number of benzene rings is 1. The number of hydrogen-bond donors (Lipinski definition) is 1. The molecular formula is C15H27N3O2S. The second-order valence-electron chi connectivity index (χ2n) is 6.10. The average Bonchev–Trinajstić information content (AvgIpc) is 2.33. The van der Waals surface area contributed by atoms with E-state index >= 15 is 0 Å². The van der Waals surface area contributed by atoms with Crippen molar-refractivity contribution < 1.29 is 8.42 Å². The third-order valence-corrected chi connectivity index (χ3v) is 4.34. The first kappa shape index (κ1) is 17.8. The van der Waals surface area contributed by atoms with Gasteiger partial charge in [-0.25, -0.2) is 8.42 Å². The van der Waals surface area contributed by atoms with Crippen LogP contribution in [0.2, 0.25) is 0 Å². The minimum atomic E-state index is -3.31. The van der Waals surface area contributed by atoms with Crippen LogP contribution in [0.5, 0.6) is 0 Å². The maximum atomic E-state index is 11.8. The Bertz CT molecular complexity index is 568. The van der Waals surface area contributed by atoms with Crippen molar-refractivity contribution in [2.45, 2.75) is 18.7 Å². The highest BCUT2D eigenvalue weighted by Gasteiger charge is 2.18. The Balaban J connectivity index is 3.18. The molecule has 120 valence electrons. The lowest BCUT2D eigenvalue weighted by Gasteiger charge is -2.29. The predicted octanol–water partition coefficient (Wildman–Crippen LogP) is 1.70. The summed E-state index contributed by atoms with van der Waals surface area (Å²) >= 11 is 0. The SMILES string of the molecule is CC(C)CN(CCN(C)C)c1cccc(S(C)(=O)=O)c1N. The van der Waals surface area contributed by atoms with Gasteiger partial charge in [-0.2, -0.15) is 0 Å². The predicted molar refractivity (Wildman–Crippen MR) is 89.6 cm³/mol. The van der Waals surface area contributed by atoms with Crippen LogP contribution in [0, 0.1) is 5.92 Å². The summed E-state index contributed by atoms with van der Waals surface area (Å²) in [6.07, 6.45) is 1.19. The Kier molecular flexibility index (Phi) is 6.04. The lowest BCUT2D eigenvalue weighted by Crippen LogP contribution is -2.35. The van der Waals surface area contributed by atoms with E-state index in [1.54, 1.807) is 12.1 Å². The molecule has 0 saturated carbocycles. The fourth-order valence-electron chi connectivity index (χ4n) is 2.20. The molecule has 0 spiro atoms. The van der Waals surface area contributed by atoms with E-state index in [0.717, 1.165) is 25.3 Å². The zero-order valence-electron chi connectivity index (χ0n) is 13.6. The monoisotopic (exact) mass is 313 g/mol. The first-order valence-electron chi connectivity index (χ1n) is 7.11. The van der Waals surface area contributed by atoms with Gasteiger partial charge >= 0.3 is 0 Å². The van der Waals surface area contributed by atoms with Crippen molar-refractivity contribution in [1.29, 1.82) is 0 Å². The first-order chi connectivity index (χ1) is 9.62. The van der Waals surface area contributed by atoms with Crippen LogP contribution < -0.4 is 10.6 Å². The number of nitrogens with two attached hydrogens (primary N) is 1. The molecule has 0 bridgehead atoms. The molecule has 21 heavy (non-hydrogen) atoms. The first-order valence-corrected chi connectivity index (χ1v) is 9.00. The summed E-state index contributed by atoms with van der Waals surface area (Å²) in [6, 6.07) is 5.21. The van der Waals surface area contributed by atoms with Gasteiger partial charge in [-0.3, -0.25) is 0 Å². The third kappa shape index (κ3) is 5.21. The van der Waals surface area contributed by atoms with E-state index in [1.165, 1.54) is 6.26 Å². The van der Waals surface area contributed by atoms with Gasteiger partial charge in [-0.05, 0) is 32.1 Å². The summed E-state index contributed by atoms with van der Waals surface area (Å²) < 4.78 is 23.6. The van der Waals surface area contributed by atoms with Crippen molar-refractivity contribution in [3.63, 3.8) is 0 Å². The van der Waals surface area contributed by atoms with Crippen LogP contribution in [0.1, 0.15) is 13.8 Å². The maximum absolute atomic E-state index is 11.8. The molecule has 2 N–H and O–H groups in total. The number of nitrogens with zero attached hydrogens (tertiary/aromatic N) is 2. The summed E-state index contributed by atoms with van der Waals surface area (Å²) in [5, 5.41) is 0. The number of rotatable bonds is 7. The van der Waals surface area contributed by atoms with E-state index in [9.17, 15) is 8.42 Å². The Morgan fingerprint density at radius 3 is 2.29 bits per heavy atom. The van der Waals surface area contributed by atoms with Crippen LogP contribution in [0.4, 0.5) is 11.4 Å². The molecule has 0 saturated heterocycles. The number of nitrogen functional groups attached to an aromatic ring is 1. The molecule has 0 aliphatic rings. The fraction of sp³-hybridized carbons (Fsp3) is 0.600. The van der Waals surface area contributed by atoms with E-state index in [0.29, 0.717) is 11.6 Å². The van der Waals surface area contributed by atoms with Gasteiger partial charge in [0.25, 0.3) is 0 Å². The van der Waals surface area contributed by atoms with E-state index in [4.69, 9.17) is 5.73 Å². The molecule has 1 rings (SSSR count). The van der Waals surface area contributed by atoms with Gasteiger partial charge in [-0.1, -0.05) is 19.9 Å². The molecule has 0 radical (unpaired) electrons. The van der Waals surface area contributed by atoms with Crippen molar-refractivity contribution in [1.82, 2.24) is 4.90 Å². The van der Waals surface area contributed by atoms with Crippen LogP contribution in [0.15, 0.2) is 23.1 Å². The van der Waals surface area contributed by atoms with Crippen LogP contribution in [-0.4, -0.2) is 53.3 Å². The van der Waals surface area contributed by atoms with Crippen LogP contribution >= 0.6 is 0 Å². The van der Waals surface area contributed by atoms with Crippen molar-refractivity contribution in [3.05, 3.63) is 18.2 Å². The highest BCUT2D eigenvalue weighted by atomic mass is 32.2. The van der Waals surface area contributed by atoms with Gasteiger partial charge in [-0.15, -0.1) is 0 Å². The van der Waals surface area contributed by atoms with Crippen LogP contribution in [0.3, 0.4) is 0 Å². The van der Waals surface area contributed by atoms with Crippen LogP contribution in [-0.2, 0) is 9.84 Å². The van der Waals surface area contributed by atoms with Crippen LogP contribution in [0.25, 0.3) is 0 Å². The lowest BCUT2D eigenvalue weighted by molar-refractivity contribution is 0.409. The summed E-state index contributed by atoms with van der Waals surface area (Å²) in [6.45, 7) is 6.81. The van der Waals surface area contributed by atoms with Crippen molar-refractivity contribution in [2.24, 2.45) is 5.92 Å². The van der Waals surface area contributed by atoms with Gasteiger partial charge < -0.3 is 15.5 Å². The molecule has 6 heteroatoms. The topological polar surface area (TPSA) is 66.6 Å². The van der Waals surface area contributed by atoms with Crippen molar-refractivity contribution in [2.75, 3.05) is 50.6 Å². The number of sulfone groups is 1. The Hall–Kier alpha value is -1.27. The molecule has 0 heterocycles. The molecule has 5 nitrogen and oxygen atoms in total. The van der Waals surface area contributed by atoms with E-state index in [1.807, 2.05) is 20.2 Å². The van der Waals surface area contributed by atoms with Gasteiger partial charge in [0, 0.05) is 25.9 Å². The highest BCUT2D eigenvalue weighted by Crippen LogP contribution is 2.30. The van der Waals surface area contributed by atoms with Gasteiger partial charge in [0.2, 0.25) is 0 Å². The standard InChI is InChI=1S/C15H27N3O2S/c1-12(2)11-18(10-9-17(3)4)13-7-6-8-14(15(13)16)21(5,19)20/h6-8,12H,9-11,16H2,1-5H3. The number of anilines is 2. The van der Waals surface area contributed by atoms with Gasteiger partial charge in [0.15, 0.2) is 9.84 Å². The highest BCUT2D eigenvalue weighted by molar-refractivity contribution is 7.90. The Morgan fingerprint density at radius 2 is 1.81 bits per heavy atom. The second-order valence-corrected chi connectivity index (χ2v) is 8.09. The smallest absolute Gasteiger partial charge is 0.177 e. The van der Waals surface area contributed by atoms with E-state index in [-0.39, 0.29) is 4.90 Å². The largest absolute Gasteiger partial charge is 0.396 e. The quantitative estimate of drug-likeness (QED) is 0.776. The minimum absolute atomic E-state index is 0.207. The molecule has 0 aliphatic heterocycles. The molecule has 0 fully saturated rings. The zero-order valence-corrected chi connectivity index (χ0v) is 14.4. The van der Waals surface area contributed by atoms with Crippen molar-refractivity contribution >= 4 is 21.2 Å². The maximum Gasteiger partial charge on any atom is 0.177 e. The Labute approximate surface area is 128 Å².